The molecule has 4 aromatic rings. The number of anilines is 1. The van der Waals surface area contributed by atoms with Crippen LogP contribution in [-0.2, 0) is 0 Å². The Hall–Kier alpha value is -3.12. The van der Waals surface area contributed by atoms with Crippen molar-refractivity contribution >= 4 is 27.9 Å². The number of aromatic nitrogens is 2. The summed E-state index contributed by atoms with van der Waals surface area (Å²) in [5, 5.41) is 4.94. The highest BCUT2D eigenvalue weighted by Gasteiger charge is 2.13. The molecule has 0 unspecified atom stereocenters. The van der Waals surface area contributed by atoms with Crippen molar-refractivity contribution in [2.45, 2.75) is 6.92 Å². The van der Waals surface area contributed by atoms with Gasteiger partial charge in [-0.15, -0.1) is 11.3 Å². The van der Waals surface area contributed by atoms with Crippen LogP contribution in [0.4, 0.5) is 5.69 Å². The molecule has 26 heavy (non-hydrogen) atoms. The average Bonchev–Trinajstić information content (AvgIpc) is 3.25. The second-order valence-electron chi connectivity index (χ2n) is 5.68. The maximum absolute atomic E-state index is 12.6. The first-order valence-corrected chi connectivity index (χ1v) is 9.18. The van der Waals surface area contributed by atoms with Crippen molar-refractivity contribution < 1.29 is 9.53 Å². The monoisotopic (exact) mass is 363 g/mol. The van der Waals surface area contributed by atoms with Crippen molar-refractivity contribution in [2.24, 2.45) is 0 Å². The van der Waals surface area contributed by atoms with Crippen LogP contribution in [-0.4, -0.2) is 21.9 Å². The molecule has 0 radical (unpaired) electrons. The zero-order valence-corrected chi connectivity index (χ0v) is 15.0. The summed E-state index contributed by atoms with van der Waals surface area (Å²) in [6.45, 7) is 2.41. The molecule has 0 saturated heterocycles. The minimum Gasteiger partial charge on any atom is -0.493 e. The number of hydrogen-bond donors (Lipinski definition) is 1. The first kappa shape index (κ1) is 16.4. The number of benzene rings is 2. The fourth-order valence-electron chi connectivity index (χ4n) is 2.76. The SMILES string of the molecule is CCOc1ccccc1C(=O)Nc1cccc(-c2cn3ccsc3n2)c1. The van der Waals surface area contributed by atoms with Gasteiger partial charge in [0.25, 0.3) is 5.91 Å². The van der Waals surface area contributed by atoms with Crippen molar-refractivity contribution in [3.8, 4) is 17.0 Å². The first-order chi connectivity index (χ1) is 12.7. The molecular weight excluding hydrogens is 346 g/mol. The summed E-state index contributed by atoms with van der Waals surface area (Å²) in [5.74, 6) is 0.384. The Bertz CT molecular complexity index is 1040. The van der Waals surface area contributed by atoms with E-state index in [2.05, 4.69) is 10.3 Å². The van der Waals surface area contributed by atoms with E-state index < -0.39 is 0 Å². The number of amides is 1. The molecule has 0 bridgehead atoms. The topological polar surface area (TPSA) is 55.6 Å². The van der Waals surface area contributed by atoms with Crippen molar-refractivity contribution in [3.63, 3.8) is 0 Å². The molecule has 4 rings (SSSR count). The number of nitrogens with zero attached hydrogens (tertiary/aromatic N) is 2. The van der Waals surface area contributed by atoms with Gasteiger partial charge in [-0.25, -0.2) is 4.98 Å². The maximum Gasteiger partial charge on any atom is 0.259 e. The molecule has 2 aromatic heterocycles. The number of imidazole rings is 1. The number of ether oxygens (including phenoxy) is 1. The second-order valence-corrected chi connectivity index (χ2v) is 6.56. The molecule has 2 aromatic carbocycles. The van der Waals surface area contributed by atoms with Gasteiger partial charge in [-0.1, -0.05) is 24.3 Å². The summed E-state index contributed by atoms with van der Waals surface area (Å²) in [4.78, 5) is 18.2. The van der Waals surface area contributed by atoms with Gasteiger partial charge >= 0.3 is 0 Å². The predicted molar refractivity (Wildman–Crippen MR) is 104 cm³/mol. The smallest absolute Gasteiger partial charge is 0.259 e. The molecule has 0 spiro atoms. The van der Waals surface area contributed by atoms with Crippen LogP contribution in [0.25, 0.3) is 16.2 Å². The van der Waals surface area contributed by atoms with E-state index in [1.165, 1.54) is 0 Å². The first-order valence-electron chi connectivity index (χ1n) is 8.30. The third-order valence-electron chi connectivity index (χ3n) is 3.94. The van der Waals surface area contributed by atoms with E-state index in [1.54, 1.807) is 23.5 Å². The predicted octanol–water partition coefficient (Wildman–Crippen LogP) is 4.71. The summed E-state index contributed by atoms with van der Waals surface area (Å²) < 4.78 is 7.53. The maximum atomic E-state index is 12.6. The van der Waals surface area contributed by atoms with Gasteiger partial charge in [-0.3, -0.25) is 9.20 Å². The van der Waals surface area contributed by atoms with Crippen LogP contribution in [0.2, 0.25) is 0 Å². The molecule has 0 fully saturated rings. The molecule has 5 nitrogen and oxygen atoms in total. The van der Waals surface area contributed by atoms with Gasteiger partial charge in [-0.2, -0.15) is 0 Å². The van der Waals surface area contributed by atoms with Gasteiger partial charge < -0.3 is 10.1 Å². The molecule has 1 N–H and O–H groups in total. The number of nitrogens with one attached hydrogen (secondary N) is 1. The molecule has 0 aliphatic rings. The Kier molecular flexibility index (Phi) is 4.41. The van der Waals surface area contributed by atoms with Crippen molar-refractivity contribution in [1.82, 2.24) is 9.38 Å². The quantitative estimate of drug-likeness (QED) is 0.558. The van der Waals surface area contributed by atoms with Gasteiger partial charge in [0.1, 0.15) is 5.75 Å². The fourth-order valence-corrected chi connectivity index (χ4v) is 3.46. The Morgan fingerprint density at radius 3 is 2.96 bits per heavy atom. The zero-order chi connectivity index (χ0) is 17.9. The molecule has 0 aliphatic carbocycles. The molecule has 0 aliphatic heterocycles. The third kappa shape index (κ3) is 3.19. The third-order valence-corrected chi connectivity index (χ3v) is 4.71. The fraction of sp³-hybridized carbons (Fsp3) is 0.100. The minimum absolute atomic E-state index is 0.197. The number of rotatable bonds is 5. The number of para-hydroxylation sites is 1. The van der Waals surface area contributed by atoms with E-state index in [1.807, 2.05) is 65.5 Å². The lowest BCUT2D eigenvalue weighted by Gasteiger charge is -2.11. The van der Waals surface area contributed by atoms with E-state index in [4.69, 9.17) is 4.74 Å². The van der Waals surface area contributed by atoms with Crippen molar-refractivity contribution in [2.75, 3.05) is 11.9 Å². The zero-order valence-electron chi connectivity index (χ0n) is 14.2. The van der Waals surface area contributed by atoms with Crippen LogP contribution >= 0.6 is 11.3 Å². The van der Waals surface area contributed by atoms with E-state index in [0.29, 0.717) is 17.9 Å². The number of thiazole rings is 1. The summed E-state index contributed by atoms with van der Waals surface area (Å²) in [6, 6.07) is 14.9. The van der Waals surface area contributed by atoms with Gasteiger partial charge in [0.15, 0.2) is 4.96 Å². The Morgan fingerprint density at radius 1 is 1.23 bits per heavy atom. The van der Waals surface area contributed by atoms with Gasteiger partial charge in [0.2, 0.25) is 0 Å². The van der Waals surface area contributed by atoms with Gasteiger partial charge in [0, 0.05) is 29.0 Å². The van der Waals surface area contributed by atoms with Crippen LogP contribution in [0.1, 0.15) is 17.3 Å². The molecular formula is C20H17N3O2S. The Morgan fingerprint density at radius 2 is 2.12 bits per heavy atom. The molecule has 130 valence electrons. The second kappa shape index (κ2) is 7.01. The summed E-state index contributed by atoms with van der Waals surface area (Å²) in [5.41, 5.74) is 3.07. The highest BCUT2D eigenvalue weighted by Crippen LogP contribution is 2.25. The number of fused-ring (bicyclic) bond motifs is 1. The molecule has 0 atom stereocenters. The van der Waals surface area contributed by atoms with Crippen LogP contribution < -0.4 is 10.1 Å². The summed E-state index contributed by atoms with van der Waals surface area (Å²) >= 11 is 1.59. The minimum atomic E-state index is -0.197. The van der Waals surface area contributed by atoms with Crippen molar-refractivity contribution in [3.05, 3.63) is 71.9 Å². The van der Waals surface area contributed by atoms with Crippen LogP contribution in [0, 0.1) is 0 Å². The normalized spacial score (nSPS) is 10.8. The summed E-state index contributed by atoms with van der Waals surface area (Å²) in [7, 11) is 0. The standard InChI is InChI=1S/C20H17N3O2S/c1-2-25-18-9-4-3-8-16(18)19(24)21-15-7-5-6-14(12-15)17-13-23-10-11-26-20(23)22-17/h3-13H,2H2,1H3,(H,21,24). The average molecular weight is 363 g/mol. The number of carbonyl (C=O) groups is 1. The lowest BCUT2D eigenvalue weighted by molar-refractivity contribution is 0.102. The van der Waals surface area contributed by atoms with Crippen molar-refractivity contribution in [1.29, 1.82) is 0 Å². The van der Waals surface area contributed by atoms with E-state index in [-0.39, 0.29) is 5.91 Å². The van der Waals surface area contributed by atoms with E-state index >= 15 is 0 Å². The van der Waals surface area contributed by atoms with Gasteiger partial charge in [-0.05, 0) is 31.2 Å². The molecule has 6 heteroatoms. The lowest BCUT2D eigenvalue weighted by atomic mass is 10.1. The Labute approximate surface area is 154 Å². The largest absolute Gasteiger partial charge is 0.493 e. The van der Waals surface area contributed by atoms with Crippen LogP contribution in [0.15, 0.2) is 66.3 Å². The van der Waals surface area contributed by atoms with Gasteiger partial charge in [0.05, 0.1) is 17.9 Å². The molecule has 2 heterocycles. The number of hydrogen-bond acceptors (Lipinski definition) is 4. The van der Waals surface area contributed by atoms with Crippen LogP contribution in [0.3, 0.4) is 0 Å². The van der Waals surface area contributed by atoms with E-state index in [9.17, 15) is 4.79 Å². The van der Waals surface area contributed by atoms with E-state index in [0.717, 1.165) is 21.9 Å². The Balaban J connectivity index is 1.59. The molecule has 0 saturated carbocycles. The highest BCUT2D eigenvalue weighted by atomic mass is 32.1. The number of carbonyl (C=O) groups excluding carboxylic acids is 1. The highest BCUT2D eigenvalue weighted by molar-refractivity contribution is 7.15. The lowest BCUT2D eigenvalue weighted by Crippen LogP contribution is -2.13. The van der Waals surface area contributed by atoms with Crippen LogP contribution in [0.5, 0.6) is 5.75 Å². The molecule has 1 amide bonds. The summed E-state index contributed by atoms with van der Waals surface area (Å²) in [6.07, 6.45) is 3.96.